The first kappa shape index (κ1) is 18.6. The van der Waals surface area contributed by atoms with Crippen molar-refractivity contribution in [2.45, 2.75) is 31.8 Å². The molecule has 28 heavy (non-hydrogen) atoms. The first-order valence-electron chi connectivity index (χ1n) is 9.28. The molecule has 1 fully saturated rings. The molecule has 8 heteroatoms. The van der Waals surface area contributed by atoms with E-state index in [2.05, 4.69) is 43.4 Å². The van der Waals surface area contributed by atoms with Gasteiger partial charge in [-0.2, -0.15) is 15.0 Å². The molecule has 7 nitrogen and oxygen atoms in total. The second-order valence-corrected chi connectivity index (χ2v) is 7.75. The Balaban J connectivity index is 1.56. The number of nitrogens with zero attached hydrogens (tertiary/aromatic N) is 5. The van der Waals surface area contributed by atoms with Crippen molar-refractivity contribution in [3.8, 4) is 5.69 Å². The summed E-state index contributed by atoms with van der Waals surface area (Å²) in [6, 6.07) is 11.5. The van der Waals surface area contributed by atoms with Crippen molar-refractivity contribution >= 4 is 27.7 Å². The summed E-state index contributed by atoms with van der Waals surface area (Å²) in [4.78, 5) is 21.2. The number of pyridine rings is 1. The van der Waals surface area contributed by atoms with E-state index in [9.17, 15) is 4.79 Å². The standard InChI is InChI=1S/C20H21BrN6O/c1-14-17(25-19-9-8-15(21)13-22-19)6-4-12-26(14)20(28)16-5-2-3-7-18(16)27-23-10-11-24-27/h2-3,5,7-11,13-14,17H,4,6,12H2,1H3,(H,22,25)/t14-,17+/m1/s1. The summed E-state index contributed by atoms with van der Waals surface area (Å²) in [6.45, 7) is 2.81. The van der Waals surface area contributed by atoms with Gasteiger partial charge in [0.25, 0.3) is 5.91 Å². The predicted octanol–water partition coefficient (Wildman–Crippen LogP) is 3.53. The highest BCUT2D eigenvalue weighted by Gasteiger charge is 2.32. The van der Waals surface area contributed by atoms with Crippen LogP contribution in [0, 0.1) is 0 Å². The Morgan fingerprint density at radius 1 is 1.18 bits per heavy atom. The van der Waals surface area contributed by atoms with Crippen LogP contribution in [0.4, 0.5) is 5.82 Å². The molecule has 3 heterocycles. The van der Waals surface area contributed by atoms with Crippen molar-refractivity contribution in [1.29, 1.82) is 0 Å². The molecule has 1 aliphatic rings. The molecule has 144 valence electrons. The molecule has 0 saturated carbocycles. The van der Waals surface area contributed by atoms with Crippen molar-refractivity contribution in [2.75, 3.05) is 11.9 Å². The van der Waals surface area contributed by atoms with E-state index < -0.39 is 0 Å². The Hall–Kier alpha value is -2.74. The highest BCUT2D eigenvalue weighted by atomic mass is 79.9. The first-order valence-corrected chi connectivity index (χ1v) is 10.1. The Morgan fingerprint density at radius 2 is 1.96 bits per heavy atom. The third-order valence-electron chi connectivity index (χ3n) is 5.08. The van der Waals surface area contributed by atoms with Gasteiger partial charge in [0.1, 0.15) is 5.82 Å². The molecular weight excluding hydrogens is 420 g/mol. The number of piperidine rings is 1. The van der Waals surface area contributed by atoms with Crippen LogP contribution in [0.15, 0.2) is 59.5 Å². The number of hydrogen-bond donors (Lipinski definition) is 1. The highest BCUT2D eigenvalue weighted by molar-refractivity contribution is 9.10. The number of anilines is 1. The number of amides is 1. The van der Waals surface area contributed by atoms with Gasteiger partial charge in [0.05, 0.1) is 23.6 Å². The zero-order valence-electron chi connectivity index (χ0n) is 15.5. The predicted molar refractivity (Wildman–Crippen MR) is 110 cm³/mol. The summed E-state index contributed by atoms with van der Waals surface area (Å²) in [5.41, 5.74) is 1.29. The van der Waals surface area contributed by atoms with Crippen LogP contribution in [0.5, 0.6) is 0 Å². The van der Waals surface area contributed by atoms with Crippen LogP contribution < -0.4 is 5.32 Å². The van der Waals surface area contributed by atoms with Crippen molar-refractivity contribution in [1.82, 2.24) is 24.9 Å². The molecule has 1 saturated heterocycles. The Bertz CT molecular complexity index is 944. The largest absolute Gasteiger partial charge is 0.365 e. The summed E-state index contributed by atoms with van der Waals surface area (Å²) >= 11 is 3.40. The molecule has 0 aliphatic carbocycles. The fraction of sp³-hybridized carbons (Fsp3) is 0.300. The number of para-hydroxylation sites is 1. The van der Waals surface area contributed by atoms with Crippen molar-refractivity contribution in [2.24, 2.45) is 0 Å². The van der Waals surface area contributed by atoms with Crippen LogP contribution in [-0.2, 0) is 0 Å². The van der Waals surface area contributed by atoms with Gasteiger partial charge in [-0.05, 0) is 60.0 Å². The lowest BCUT2D eigenvalue weighted by molar-refractivity contribution is 0.0616. The summed E-state index contributed by atoms with van der Waals surface area (Å²) in [5.74, 6) is 0.811. The minimum atomic E-state index is -0.00401. The molecule has 0 unspecified atom stereocenters. The molecule has 1 aromatic carbocycles. The molecular formula is C20H21BrN6O. The van der Waals surface area contributed by atoms with Crippen LogP contribution in [0.3, 0.4) is 0 Å². The smallest absolute Gasteiger partial charge is 0.256 e. The van der Waals surface area contributed by atoms with E-state index in [4.69, 9.17) is 0 Å². The summed E-state index contributed by atoms with van der Waals surface area (Å²) in [5, 5.41) is 11.8. The average Bonchev–Trinajstić information content (AvgIpc) is 3.25. The van der Waals surface area contributed by atoms with Crippen molar-refractivity contribution in [3.05, 3.63) is 65.0 Å². The van der Waals surface area contributed by atoms with E-state index in [0.717, 1.165) is 29.7 Å². The molecule has 3 aromatic rings. The zero-order chi connectivity index (χ0) is 19.5. The Morgan fingerprint density at radius 3 is 2.71 bits per heavy atom. The molecule has 2 atom stereocenters. The van der Waals surface area contributed by atoms with Gasteiger partial charge in [-0.3, -0.25) is 4.79 Å². The lowest BCUT2D eigenvalue weighted by atomic mass is 9.96. The van der Waals surface area contributed by atoms with Gasteiger partial charge in [0.2, 0.25) is 0 Å². The minimum absolute atomic E-state index is 0.00401. The van der Waals surface area contributed by atoms with E-state index in [1.165, 1.54) is 4.80 Å². The fourth-order valence-corrected chi connectivity index (χ4v) is 3.83. The first-order chi connectivity index (χ1) is 13.6. The van der Waals surface area contributed by atoms with E-state index in [-0.39, 0.29) is 18.0 Å². The van der Waals surface area contributed by atoms with Gasteiger partial charge in [-0.25, -0.2) is 4.98 Å². The molecule has 0 spiro atoms. The van der Waals surface area contributed by atoms with Crippen molar-refractivity contribution < 1.29 is 4.79 Å². The number of nitrogens with one attached hydrogen (secondary N) is 1. The maximum Gasteiger partial charge on any atom is 0.256 e. The monoisotopic (exact) mass is 440 g/mol. The van der Waals surface area contributed by atoms with Crippen LogP contribution >= 0.6 is 15.9 Å². The van der Waals surface area contributed by atoms with Gasteiger partial charge in [-0.15, -0.1) is 0 Å². The second kappa shape index (κ2) is 8.10. The van der Waals surface area contributed by atoms with Gasteiger partial charge < -0.3 is 10.2 Å². The van der Waals surface area contributed by atoms with E-state index >= 15 is 0 Å². The lowest BCUT2D eigenvalue weighted by Crippen LogP contribution is -2.52. The number of carbonyl (C=O) groups excluding carboxylic acids is 1. The molecule has 4 rings (SSSR count). The van der Waals surface area contributed by atoms with Crippen LogP contribution in [0.25, 0.3) is 5.69 Å². The second-order valence-electron chi connectivity index (χ2n) is 6.83. The topological polar surface area (TPSA) is 75.9 Å². The van der Waals surface area contributed by atoms with Gasteiger partial charge in [0.15, 0.2) is 0 Å². The summed E-state index contributed by atoms with van der Waals surface area (Å²) in [7, 11) is 0. The number of aromatic nitrogens is 4. The molecule has 2 aromatic heterocycles. The molecule has 1 aliphatic heterocycles. The van der Waals surface area contributed by atoms with Gasteiger partial charge in [0, 0.05) is 29.3 Å². The Labute approximate surface area is 171 Å². The minimum Gasteiger partial charge on any atom is -0.365 e. The summed E-state index contributed by atoms with van der Waals surface area (Å²) in [6.07, 6.45) is 6.91. The number of likely N-dealkylation sites (tertiary alicyclic amines) is 1. The van der Waals surface area contributed by atoms with Gasteiger partial charge >= 0.3 is 0 Å². The zero-order valence-corrected chi connectivity index (χ0v) is 17.1. The number of benzene rings is 1. The number of rotatable bonds is 4. The van der Waals surface area contributed by atoms with Crippen LogP contribution in [0.2, 0.25) is 0 Å². The van der Waals surface area contributed by atoms with Gasteiger partial charge in [-0.1, -0.05) is 12.1 Å². The van der Waals surface area contributed by atoms with Crippen LogP contribution in [0.1, 0.15) is 30.1 Å². The van der Waals surface area contributed by atoms with E-state index in [0.29, 0.717) is 11.3 Å². The highest BCUT2D eigenvalue weighted by Crippen LogP contribution is 2.25. The third kappa shape index (κ3) is 3.77. The van der Waals surface area contributed by atoms with E-state index in [1.807, 2.05) is 41.3 Å². The summed E-state index contributed by atoms with van der Waals surface area (Å²) < 4.78 is 0.940. The molecule has 0 bridgehead atoms. The molecule has 0 radical (unpaired) electrons. The van der Waals surface area contributed by atoms with E-state index in [1.54, 1.807) is 18.6 Å². The average molecular weight is 441 g/mol. The Kier molecular flexibility index (Phi) is 5.38. The molecule has 1 amide bonds. The maximum absolute atomic E-state index is 13.4. The van der Waals surface area contributed by atoms with Crippen LogP contribution in [-0.4, -0.2) is 49.4 Å². The number of hydrogen-bond acceptors (Lipinski definition) is 5. The number of carbonyl (C=O) groups is 1. The quantitative estimate of drug-likeness (QED) is 0.671. The van der Waals surface area contributed by atoms with Crippen molar-refractivity contribution in [3.63, 3.8) is 0 Å². The maximum atomic E-state index is 13.4. The molecule has 1 N–H and O–H groups in total. The lowest BCUT2D eigenvalue weighted by Gasteiger charge is -2.40. The fourth-order valence-electron chi connectivity index (χ4n) is 3.60. The SMILES string of the molecule is C[C@@H]1[C@@H](Nc2ccc(Br)cn2)CCCN1C(=O)c1ccccc1-n1nccn1. The normalized spacial score (nSPS) is 19.4. The third-order valence-corrected chi connectivity index (χ3v) is 5.55. The number of halogens is 1.